The van der Waals surface area contributed by atoms with Gasteiger partial charge in [0.05, 0.1) is 16.7 Å². The van der Waals surface area contributed by atoms with E-state index in [0.717, 1.165) is 6.33 Å². The van der Waals surface area contributed by atoms with Crippen LogP contribution in [0.5, 0.6) is 0 Å². The number of aromatic nitrogens is 2. The van der Waals surface area contributed by atoms with Crippen molar-refractivity contribution in [1.82, 2.24) is 9.97 Å². The predicted octanol–water partition coefficient (Wildman–Crippen LogP) is 2.48. The van der Waals surface area contributed by atoms with Gasteiger partial charge < -0.3 is 4.98 Å². The zero-order valence-electron chi connectivity index (χ0n) is 6.64. The van der Waals surface area contributed by atoms with Crippen molar-refractivity contribution in [3.05, 3.63) is 38.1 Å². The molecule has 1 heterocycles. The largest absolute Gasteiger partial charge is 0.313 e. The molecular formula is C8H3BrClFN2O. The minimum Gasteiger partial charge on any atom is -0.313 e. The van der Waals surface area contributed by atoms with Crippen LogP contribution in [0.15, 0.2) is 21.7 Å². The molecule has 14 heavy (non-hydrogen) atoms. The minimum absolute atomic E-state index is 0.0260. The molecule has 0 aliphatic rings. The van der Waals surface area contributed by atoms with Gasteiger partial charge in [-0.05, 0) is 22.0 Å². The summed E-state index contributed by atoms with van der Waals surface area (Å²) in [6.07, 6.45) is 1.14. The highest BCUT2D eigenvalue weighted by atomic mass is 79.9. The molecule has 0 fully saturated rings. The van der Waals surface area contributed by atoms with Gasteiger partial charge in [0.1, 0.15) is 5.52 Å². The van der Waals surface area contributed by atoms with Crippen molar-refractivity contribution >= 4 is 38.4 Å². The van der Waals surface area contributed by atoms with Crippen molar-refractivity contribution in [2.24, 2.45) is 0 Å². The first-order valence-corrected chi connectivity index (χ1v) is 4.79. The van der Waals surface area contributed by atoms with E-state index in [-0.39, 0.29) is 15.9 Å². The van der Waals surface area contributed by atoms with Crippen molar-refractivity contribution < 1.29 is 4.39 Å². The molecule has 0 aliphatic carbocycles. The van der Waals surface area contributed by atoms with E-state index in [1.807, 2.05) is 0 Å². The Labute approximate surface area is 91.1 Å². The van der Waals surface area contributed by atoms with E-state index in [2.05, 4.69) is 25.9 Å². The summed E-state index contributed by atoms with van der Waals surface area (Å²) < 4.78 is 13.6. The van der Waals surface area contributed by atoms with Crippen molar-refractivity contribution in [2.45, 2.75) is 0 Å². The quantitative estimate of drug-likeness (QED) is 0.752. The third-order valence-corrected chi connectivity index (χ3v) is 3.01. The predicted molar refractivity (Wildman–Crippen MR) is 55.0 cm³/mol. The highest BCUT2D eigenvalue weighted by Gasteiger charge is 2.12. The van der Waals surface area contributed by atoms with Gasteiger partial charge in [-0.25, -0.2) is 9.37 Å². The standard InChI is InChI=1S/C8H3BrClFN2O/c9-3-1-4(11)7-5(6(3)10)8(14)13-2-12-7/h1-2H,(H,12,13,14). The lowest BCUT2D eigenvalue weighted by atomic mass is 10.2. The molecule has 6 heteroatoms. The second kappa shape index (κ2) is 3.33. The smallest absolute Gasteiger partial charge is 0.260 e. The van der Waals surface area contributed by atoms with Crippen LogP contribution >= 0.6 is 27.5 Å². The molecule has 0 spiro atoms. The van der Waals surface area contributed by atoms with Crippen molar-refractivity contribution in [1.29, 1.82) is 0 Å². The molecular weight excluding hydrogens is 274 g/mol. The monoisotopic (exact) mass is 276 g/mol. The van der Waals surface area contributed by atoms with E-state index in [9.17, 15) is 9.18 Å². The first kappa shape index (κ1) is 9.61. The third kappa shape index (κ3) is 1.33. The summed E-state index contributed by atoms with van der Waals surface area (Å²) in [4.78, 5) is 17.4. The Morgan fingerprint density at radius 1 is 1.57 bits per heavy atom. The average molecular weight is 277 g/mol. The maximum Gasteiger partial charge on any atom is 0.260 e. The highest BCUT2D eigenvalue weighted by Crippen LogP contribution is 2.29. The van der Waals surface area contributed by atoms with Crippen LogP contribution in [0.4, 0.5) is 4.39 Å². The summed E-state index contributed by atoms with van der Waals surface area (Å²) in [5.74, 6) is -0.581. The Bertz CT molecular complexity index is 569. The Kier molecular flexibility index (Phi) is 2.28. The number of fused-ring (bicyclic) bond motifs is 1. The molecule has 0 saturated carbocycles. The lowest BCUT2D eigenvalue weighted by Crippen LogP contribution is -2.08. The lowest BCUT2D eigenvalue weighted by Gasteiger charge is -2.01. The molecule has 2 aromatic rings. The Balaban J connectivity index is 3.11. The van der Waals surface area contributed by atoms with Gasteiger partial charge in [-0.1, -0.05) is 11.6 Å². The average Bonchev–Trinajstić information content (AvgIpc) is 2.14. The molecule has 0 radical (unpaired) electrons. The molecule has 0 aliphatic heterocycles. The summed E-state index contributed by atoms with van der Waals surface area (Å²) >= 11 is 8.88. The number of H-pyrrole nitrogens is 1. The Morgan fingerprint density at radius 3 is 3.00 bits per heavy atom. The van der Waals surface area contributed by atoms with Gasteiger partial charge in [0.25, 0.3) is 5.56 Å². The zero-order valence-corrected chi connectivity index (χ0v) is 8.99. The van der Waals surface area contributed by atoms with Crippen LogP contribution in [0, 0.1) is 5.82 Å². The Morgan fingerprint density at radius 2 is 2.29 bits per heavy atom. The van der Waals surface area contributed by atoms with Crippen molar-refractivity contribution in [3.8, 4) is 0 Å². The molecule has 0 bridgehead atoms. The van der Waals surface area contributed by atoms with Crippen LogP contribution in [-0.4, -0.2) is 9.97 Å². The highest BCUT2D eigenvalue weighted by molar-refractivity contribution is 9.10. The number of halogens is 3. The lowest BCUT2D eigenvalue weighted by molar-refractivity contribution is 0.635. The van der Waals surface area contributed by atoms with E-state index in [1.165, 1.54) is 6.07 Å². The third-order valence-electron chi connectivity index (χ3n) is 1.76. The van der Waals surface area contributed by atoms with E-state index in [4.69, 9.17) is 11.6 Å². The number of benzene rings is 1. The minimum atomic E-state index is -0.581. The fraction of sp³-hybridized carbons (Fsp3) is 0. The van der Waals surface area contributed by atoms with Crippen LogP contribution < -0.4 is 5.56 Å². The summed E-state index contributed by atoms with van der Waals surface area (Å²) in [5, 5.41) is 0.219. The van der Waals surface area contributed by atoms with Gasteiger partial charge in [-0.15, -0.1) is 0 Å². The summed E-state index contributed by atoms with van der Waals surface area (Å²) in [5.41, 5.74) is -0.484. The van der Waals surface area contributed by atoms with E-state index in [0.29, 0.717) is 4.47 Å². The number of hydrogen-bond donors (Lipinski definition) is 1. The summed E-state index contributed by atoms with van der Waals surface area (Å²) in [7, 11) is 0. The molecule has 1 N–H and O–H groups in total. The van der Waals surface area contributed by atoms with Gasteiger partial charge in [-0.3, -0.25) is 4.79 Å². The van der Waals surface area contributed by atoms with E-state index >= 15 is 0 Å². The zero-order chi connectivity index (χ0) is 10.3. The van der Waals surface area contributed by atoms with Crippen LogP contribution in [-0.2, 0) is 0 Å². The summed E-state index contributed by atoms with van der Waals surface area (Å²) in [6.45, 7) is 0. The fourth-order valence-corrected chi connectivity index (χ4v) is 1.78. The topological polar surface area (TPSA) is 45.8 Å². The van der Waals surface area contributed by atoms with Crippen molar-refractivity contribution in [2.75, 3.05) is 0 Å². The fourth-order valence-electron chi connectivity index (χ4n) is 1.15. The first-order valence-electron chi connectivity index (χ1n) is 3.62. The SMILES string of the molecule is O=c1[nH]cnc2c(F)cc(Br)c(Cl)c12. The van der Waals surface area contributed by atoms with E-state index in [1.54, 1.807) is 0 Å². The van der Waals surface area contributed by atoms with Gasteiger partial charge >= 0.3 is 0 Å². The van der Waals surface area contributed by atoms with Crippen LogP contribution in [0.1, 0.15) is 0 Å². The van der Waals surface area contributed by atoms with Crippen LogP contribution in [0.2, 0.25) is 5.02 Å². The Hall–Kier alpha value is -0.940. The molecule has 0 saturated heterocycles. The maximum absolute atomic E-state index is 13.3. The number of nitrogens with zero attached hydrogens (tertiary/aromatic N) is 1. The van der Waals surface area contributed by atoms with Crippen LogP contribution in [0.3, 0.4) is 0 Å². The molecule has 1 aromatic carbocycles. The number of hydrogen-bond acceptors (Lipinski definition) is 2. The first-order chi connectivity index (χ1) is 6.61. The molecule has 0 unspecified atom stereocenters. The number of nitrogens with one attached hydrogen (secondary N) is 1. The summed E-state index contributed by atoms with van der Waals surface area (Å²) in [6, 6.07) is 1.18. The van der Waals surface area contributed by atoms with Gasteiger partial charge in [-0.2, -0.15) is 0 Å². The molecule has 72 valence electrons. The van der Waals surface area contributed by atoms with Gasteiger partial charge in [0.2, 0.25) is 0 Å². The maximum atomic E-state index is 13.3. The molecule has 0 atom stereocenters. The number of rotatable bonds is 0. The second-order valence-corrected chi connectivity index (χ2v) is 3.84. The molecule has 2 rings (SSSR count). The van der Waals surface area contributed by atoms with Gasteiger partial charge in [0, 0.05) is 4.47 Å². The second-order valence-electron chi connectivity index (χ2n) is 2.61. The molecule has 0 amide bonds. The normalized spacial score (nSPS) is 10.8. The van der Waals surface area contributed by atoms with Crippen LogP contribution in [0.25, 0.3) is 10.9 Å². The molecule has 1 aromatic heterocycles. The number of aromatic amines is 1. The van der Waals surface area contributed by atoms with Crippen molar-refractivity contribution in [3.63, 3.8) is 0 Å². The molecule has 3 nitrogen and oxygen atoms in total. The van der Waals surface area contributed by atoms with E-state index < -0.39 is 11.4 Å². The van der Waals surface area contributed by atoms with Gasteiger partial charge in [0.15, 0.2) is 5.82 Å².